The molecule has 0 aliphatic carbocycles. The van der Waals surface area contributed by atoms with Gasteiger partial charge in [-0.1, -0.05) is 89.3 Å². The number of benzene rings is 1. The molecule has 1 aliphatic rings. The van der Waals surface area contributed by atoms with Gasteiger partial charge in [0, 0.05) is 6.42 Å². The summed E-state index contributed by atoms with van der Waals surface area (Å²) in [5, 5.41) is 13.7. The number of unbranched alkanes of at least 4 members (excludes halogenated alkanes) is 10. The molecule has 1 aliphatic heterocycles. The standard InChI is InChI=1S/C33H50FN6O7P/c1-4-5-6-7-8-9-10-11-12-13-17-20-44-31(42)24(2)39-48(43,47-25-18-15-14-16-19-25)45-22-33(3)26(41)21-27(46-33)40-23-36-28-29(35)37-32(34)38-30(28)40/h14-16,18-19,23-24,26-27,41H,4-13,17,20-22H2,1-3H3,(H,39,43)(H2,35,37,38)/t24-,26-,27+,33+,48-/m0/s1. The lowest BCUT2D eigenvalue weighted by Gasteiger charge is -2.30. The molecule has 3 aromatic rings. The number of esters is 1. The Hall–Kier alpha value is -3.16. The van der Waals surface area contributed by atoms with Crippen LogP contribution in [-0.4, -0.2) is 61.6 Å². The van der Waals surface area contributed by atoms with Crippen LogP contribution in [0.25, 0.3) is 11.2 Å². The lowest BCUT2D eigenvalue weighted by Crippen LogP contribution is -2.42. The molecule has 2 aromatic heterocycles. The lowest BCUT2D eigenvalue weighted by atomic mass is 10.0. The number of ether oxygens (including phenoxy) is 2. The van der Waals surface area contributed by atoms with E-state index in [1.807, 2.05) is 0 Å². The van der Waals surface area contributed by atoms with E-state index in [1.165, 1.54) is 69.2 Å². The van der Waals surface area contributed by atoms with Crippen LogP contribution in [-0.2, 0) is 23.4 Å². The molecule has 4 N–H and O–H groups in total. The number of rotatable bonds is 21. The highest BCUT2D eigenvalue weighted by Gasteiger charge is 2.48. The maximum Gasteiger partial charge on any atom is 0.459 e. The molecular formula is C33H50FN6O7P. The minimum atomic E-state index is -4.22. The summed E-state index contributed by atoms with van der Waals surface area (Å²) < 4.78 is 52.6. The quantitative estimate of drug-likeness (QED) is 0.0472. The molecule has 1 aromatic carbocycles. The van der Waals surface area contributed by atoms with Crippen LogP contribution in [0.1, 0.15) is 104 Å². The molecule has 13 nitrogen and oxygen atoms in total. The first-order valence-corrected chi connectivity index (χ1v) is 18.5. The van der Waals surface area contributed by atoms with Gasteiger partial charge >= 0.3 is 19.8 Å². The van der Waals surface area contributed by atoms with Gasteiger partial charge < -0.3 is 24.8 Å². The molecule has 0 unspecified atom stereocenters. The Kier molecular flexibility index (Phi) is 14.1. The number of aliphatic hydroxyl groups excluding tert-OH is 1. The summed E-state index contributed by atoms with van der Waals surface area (Å²) >= 11 is 0. The Morgan fingerprint density at radius 3 is 2.44 bits per heavy atom. The zero-order valence-corrected chi connectivity index (χ0v) is 29.1. The largest absolute Gasteiger partial charge is 0.465 e. The Labute approximate surface area is 281 Å². The minimum absolute atomic E-state index is 0.0654. The summed E-state index contributed by atoms with van der Waals surface area (Å²) in [7, 11) is -4.22. The Balaban J connectivity index is 1.29. The summed E-state index contributed by atoms with van der Waals surface area (Å²) in [5.41, 5.74) is 4.69. The van der Waals surface area contributed by atoms with Gasteiger partial charge in [0.2, 0.25) is 0 Å². The number of aromatic nitrogens is 4. The van der Waals surface area contributed by atoms with Crippen molar-refractivity contribution in [1.29, 1.82) is 0 Å². The van der Waals surface area contributed by atoms with Crippen molar-refractivity contribution in [3.05, 3.63) is 42.7 Å². The Morgan fingerprint density at radius 2 is 1.77 bits per heavy atom. The normalized spacial score (nSPS) is 21.3. The van der Waals surface area contributed by atoms with Crippen molar-refractivity contribution < 1.29 is 37.4 Å². The van der Waals surface area contributed by atoms with E-state index in [0.29, 0.717) is 0 Å². The predicted octanol–water partition coefficient (Wildman–Crippen LogP) is 6.62. The second-order valence-corrected chi connectivity index (χ2v) is 14.3. The van der Waals surface area contributed by atoms with Crippen LogP contribution in [0.5, 0.6) is 5.75 Å². The van der Waals surface area contributed by atoms with Crippen LogP contribution in [0.3, 0.4) is 0 Å². The number of nitrogens with one attached hydrogen (secondary N) is 1. The van der Waals surface area contributed by atoms with Crippen LogP contribution in [0.15, 0.2) is 36.7 Å². The molecule has 0 radical (unpaired) electrons. The van der Waals surface area contributed by atoms with E-state index < -0.39 is 43.8 Å². The smallest absolute Gasteiger partial charge is 0.459 e. The molecule has 4 rings (SSSR count). The van der Waals surface area contributed by atoms with Gasteiger partial charge in [-0.05, 0) is 32.4 Å². The van der Waals surface area contributed by atoms with Crippen molar-refractivity contribution in [2.45, 2.75) is 122 Å². The van der Waals surface area contributed by atoms with E-state index in [4.69, 9.17) is 24.3 Å². The van der Waals surface area contributed by atoms with Gasteiger partial charge in [0.25, 0.3) is 0 Å². The van der Waals surface area contributed by atoms with Gasteiger partial charge in [-0.15, -0.1) is 0 Å². The van der Waals surface area contributed by atoms with Crippen molar-refractivity contribution in [3.63, 3.8) is 0 Å². The molecule has 5 atom stereocenters. The molecule has 0 amide bonds. The third-order valence-corrected chi connectivity index (χ3v) is 10.1. The molecule has 0 spiro atoms. The number of carbonyl (C=O) groups excluding carboxylic acids is 1. The molecule has 1 fully saturated rings. The van der Waals surface area contributed by atoms with Crippen molar-refractivity contribution in [2.24, 2.45) is 0 Å². The monoisotopic (exact) mass is 692 g/mol. The number of halogens is 1. The SMILES string of the molecule is CCCCCCCCCCCCCOC(=O)[C@H](C)N[P@](=O)(OC[C@@]1(C)O[C@@H](n2cnc3c(N)nc(F)nc32)C[C@@H]1O)Oc1ccccc1. The summed E-state index contributed by atoms with van der Waals surface area (Å²) in [6, 6.07) is 7.35. The van der Waals surface area contributed by atoms with Gasteiger partial charge in [0.05, 0.1) is 25.6 Å². The van der Waals surface area contributed by atoms with E-state index in [2.05, 4.69) is 27.0 Å². The van der Waals surface area contributed by atoms with E-state index in [-0.39, 0.29) is 42.4 Å². The molecule has 48 heavy (non-hydrogen) atoms. The molecule has 0 bridgehead atoms. The van der Waals surface area contributed by atoms with E-state index >= 15 is 0 Å². The molecule has 3 heterocycles. The molecular weight excluding hydrogens is 642 g/mol. The van der Waals surface area contributed by atoms with E-state index in [0.717, 1.165) is 19.3 Å². The fourth-order valence-electron chi connectivity index (χ4n) is 5.58. The number of imidazole rings is 1. The van der Waals surface area contributed by atoms with Crippen LogP contribution in [0.2, 0.25) is 0 Å². The Morgan fingerprint density at radius 1 is 1.12 bits per heavy atom. The molecule has 15 heteroatoms. The fraction of sp³-hybridized carbons (Fsp3) is 0.636. The fourth-order valence-corrected chi connectivity index (χ4v) is 7.16. The average Bonchev–Trinajstić information content (AvgIpc) is 3.61. The zero-order chi connectivity index (χ0) is 34.6. The van der Waals surface area contributed by atoms with Gasteiger partial charge in [-0.25, -0.2) is 9.55 Å². The van der Waals surface area contributed by atoms with Crippen molar-refractivity contribution in [3.8, 4) is 5.75 Å². The van der Waals surface area contributed by atoms with Crippen molar-refractivity contribution in [2.75, 3.05) is 18.9 Å². The van der Waals surface area contributed by atoms with E-state index in [1.54, 1.807) is 37.3 Å². The Bertz CT molecular complexity index is 1500. The number of nitrogens with zero attached hydrogens (tertiary/aromatic N) is 4. The summed E-state index contributed by atoms with van der Waals surface area (Å²) in [5.74, 6) is -0.473. The second kappa shape index (κ2) is 18.0. The number of hydrogen-bond acceptors (Lipinski definition) is 11. The first kappa shape index (κ1) is 37.7. The van der Waals surface area contributed by atoms with Crippen LogP contribution < -0.4 is 15.3 Å². The first-order chi connectivity index (χ1) is 23.0. The zero-order valence-electron chi connectivity index (χ0n) is 28.2. The van der Waals surface area contributed by atoms with Gasteiger partial charge in [-0.3, -0.25) is 13.9 Å². The number of nitrogen functional groups attached to an aromatic ring is 1. The van der Waals surface area contributed by atoms with Gasteiger partial charge in [-0.2, -0.15) is 19.4 Å². The highest BCUT2D eigenvalue weighted by atomic mass is 31.2. The van der Waals surface area contributed by atoms with Crippen LogP contribution in [0, 0.1) is 6.08 Å². The van der Waals surface area contributed by atoms with Gasteiger partial charge in [0.1, 0.15) is 23.6 Å². The number of carbonyl (C=O) groups is 1. The number of para-hydroxylation sites is 1. The predicted molar refractivity (Wildman–Crippen MR) is 179 cm³/mol. The van der Waals surface area contributed by atoms with Crippen molar-refractivity contribution >= 4 is 30.7 Å². The minimum Gasteiger partial charge on any atom is -0.465 e. The van der Waals surface area contributed by atoms with Crippen LogP contribution in [0.4, 0.5) is 10.2 Å². The number of aliphatic hydroxyl groups is 1. The third-order valence-electron chi connectivity index (χ3n) is 8.45. The molecule has 0 saturated carbocycles. The maximum absolute atomic E-state index is 14.0. The maximum atomic E-state index is 14.0. The first-order valence-electron chi connectivity index (χ1n) is 17.0. The lowest BCUT2D eigenvalue weighted by molar-refractivity contribution is -0.145. The van der Waals surface area contributed by atoms with Crippen molar-refractivity contribution in [1.82, 2.24) is 24.6 Å². The van der Waals surface area contributed by atoms with E-state index in [9.17, 15) is 18.9 Å². The average molecular weight is 693 g/mol. The van der Waals surface area contributed by atoms with Gasteiger partial charge in [0.15, 0.2) is 17.0 Å². The molecule has 266 valence electrons. The summed E-state index contributed by atoms with van der Waals surface area (Å²) in [6.07, 6.45) is 11.5. The highest BCUT2D eigenvalue weighted by Crippen LogP contribution is 2.48. The van der Waals surface area contributed by atoms with Crippen LogP contribution >= 0.6 is 7.75 Å². The number of anilines is 1. The summed E-state index contributed by atoms with van der Waals surface area (Å²) in [6.45, 7) is 5.20. The molecule has 1 saturated heterocycles. The number of fused-ring (bicyclic) bond motifs is 1. The topological polar surface area (TPSA) is 173 Å². The number of hydrogen-bond donors (Lipinski definition) is 3. The summed E-state index contributed by atoms with van der Waals surface area (Å²) in [4.78, 5) is 24.2. The highest BCUT2D eigenvalue weighted by molar-refractivity contribution is 7.52. The third kappa shape index (κ3) is 10.7. The second-order valence-electron chi connectivity index (χ2n) is 12.6. The number of nitrogens with two attached hydrogens (primary N) is 1.